The van der Waals surface area contributed by atoms with Gasteiger partial charge in [-0.2, -0.15) is 35.5 Å². The lowest BCUT2D eigenvalue weighted by molar-refractivity contribution is -0.432. The smallest absolute Gasteiger partial charge is 0.297 e. The Hall–Kier alpha value is -9.64. The number of non-ortho nitro benzene ring substituents is 2. The Morgan fingerprint density at radius 2 is 0.920 bits per heavy atom. The number of nitrogens with one attached hydrogen (secondary N) is 1. The zero-order valence-corrected chi connectivity index (χ0v) is 47.4. The molecule has 9 N–H and O–H groups in total. The van der Waals surface area contributed by atoms with Crippen LogP contribution in [0, 0.1) is 34.1 Å². The minimum absolute atomic E-state index is 0.00260. The number of nitro groups is 2. The number of aliphatic hydroxyl groups is 2. The van der Waals surface area contributed by atoms with E-state index in [0.717, 1.165) is 30.3 Å². The van der Waals surface area contributed by atoms with E-state index in [4.69, 9.17) is 19.1 Å². The first-order valence-electron chi connectivity index (χ1n) is 24.1. The van der Waals surface area contributed by atoms with E-state index >= 15 is 0 Å². The van der Waals surface area contributed by atoms with Gasteiger partial charge >= 0.3 is 0 Å². The van der Waals surface area contributed by atoms with Crippen molar-refractivity contribution in [3.05, 3.63) is 141 Å². The van der Waals surface area contributed by atoms with Crippen LogP contribution < -0.4 is 14.8 Å². The molecule has 452 valence electrons. The summed E-state index contributed by atoms with van der Waals surface area (Å²) >= 11 is 0.408. The van der Waals surface area contributed by atoms with Gasteiger partial charge in [0.25, 0.3) is 41.7 Å². The number of ether oxygens (including phenoxy) is 2. The van der Waals surface area contributed by atoms with Crippen molar-refractivity contribution in [2.45, 2.75) is 33.4 Å². The fourth-order valence-corrected chi connectivity index (χ4v) is 10.4. The Labute approximate surface area is 492 Å². The highest BCUT2D eigenvalue weighted by Crippen LogP contribution is 2.48. The number of anilines is 2. The molecule has 0 saturated heterocycles. The molecule has 8 aromatic rings. The van der Waals surface area contributed by atoms with Gasteiger partial charge in [0.1, 0.15) is 73.5 Å². The number of phenols is 2. The Kier molecular flexibility index (Phi) is 19.2. The average Bonchev–Trinajstić information content (AvgIpc) is 1.20. The molecule has 0 bridgehead atoms. The summed E-state index contributed by atoms with van der Waals surface area (Å²) in [5, 5.41) is 114. The molecule has 33 nitrogen and oxygen atoms in total. The first-order chi connectivity index (χ1) is 41.2. The van der Waals surface area contributed by atoms with Gasteiger partial charge in [0.2, 0.25) is 0 Å². The number of phenolic OH excluding ortho intramolecular Hbond substituents is 2. The molecule has 0 radical (unpaired) electrons. The van der Waals surface area contributed by atoms with Crippen molar-refractivity contribution in [1.29, 1.82) is 0 Å². The molecule has 0 saturated carbocycles. The van der Waals surface area contributed by atoms with E-state index in [1.54, 1.807) is 19.1 Å². The Balaban J connectivity index is 1.08. The van der Waals surface area contributed by atoms with Crippen LogP contribution in [0.1, 0.15) is 11.1 Å². The van der Waals surface area contributed by atoms with E-state index in [0.29, 0.717) is 46.5 Å². The molecule has 0 atom stereocenters. The fourth-order valence-electron chi connectivity index (χ4n) is 8.00. The lowest BCUT2D eigenvalue weighted by atomic mass is 10.1. The van der Waals surface area contributed by atoms with Gasteiger partial charge in [-0.15, -0.1) is 35.0 Å². The number of rotatable bonds is 24. The summed E-state index contributed by atoms with van der Waals surface area (Å²) in [6, 6.07) is 21.6. The maximum absolute atomic E-state index is 12.9. The molecule has 0 aliphatic rings. The molecule has 37 heteroatoms. The van der Waals surface area contributed by atoms with Crippen molar-refractivity contribution in [3.8, 4) is 23.0 Å². The molecule has 0 spiro atoms. The molecule has 8 rings (SSSR count). The number of nitro benzene ring substituents is 2. The number of hydrogen-bond donors (Lipinski definition) is 9. The molecule has 87 heavy (non-hydrogen) atoms. The van der Waals surface area contributed by atoms with Gasteiger partial charge in [0.15, 0.2) is 11.5 Å². The van der Waals surface area contributed by atoms with Crippen LogP contribution in [-0.4, -0.2) is 101 Å². The zero-order valence-electron chi connectivity index (χ0n) is 44.1. The van der Waals surface area contributed by atoms with Gasteiger partial charge in [-0.3, -0.25) is 33.9 Å². The molecule has 8 aromatic carbocycles. The summed E-state index contributed by atoms with van der Waals surface area (Å²) in [6.07, 6.45) is 0. The Bertz CT molecular complexity index is 4570. The van der Waals surface area contributed by atoms with Crippen LogP contribution in [0.2, 0.25) is 0 Å². The lowest BCUT2D eigenvalue weighted by Crippen LogP contribution is -2.02. The van der Waals surface area contributed by atoms with Crippen LogP contribution in [0.25, 0.3) is 21.5 Å². The van der Waals surface area contributed by atoms with E-state index in [1.807, 2.05) is 0 Å². The zero-order chi connectivity index (χ0) is 63.1. The number of hydrogen-bond acceptors (Lipinski definition) is 29. The third-order valence-electron chi connectivity index (χ3n) is 12.0. The summed E-state index contributed by atoms with van der Waals surface area (Å²) in [5.74, 6) is -1.41. The van der Waals surface area contributed by atoms with E-state index in [2.05, 4.69) is 51.3 Å². The standard InChI is InChI=1S/C50H41N11O22S4/c1-25-15-39(41(80-13-11-62)23-37(25)54-52-35-9-5-31(60(66)67)21-44(35)85(71,72)73)56-58-47-43(84-83-82-70)19-27-17-29(3-7-33(27)49(47)64)51-30-4-8-34-28(18-30)20-46(87(77,78)79)48(50(34)65)59-57-40-16-26(2)38(24-42(40)81-14-12-63)55-53-36-10-6-32(61(68)69)22-45(36)86(74,75)76/h3-10,15-24,51,62-65,70H,11-14H2,1-2H3,(H,71,72,73)(H,74,75,76)(H,77,78,79)/b54-52+,55-53+,58-56+,59-57+. The van der Waals surface area contributed by atoms with Gasteiger partial charge in [-0.1, -0.05) is 5.04 Å². The first kappa shape index (κ1) is 63.4. The highest BCUT2D eigenvalue weighted by atomic mass is 32.2. The highest BCUT2D eigenvalue weighted by molar-refractivity contribution is 7.94. The third kappa shape index (κ3) is 14.9. The number of benzene rings is 8. The van der Waals surface area contributed by atoms with Gasteiger partial charge in [0.05, 0.1) is 51.4 Å². The van der Waals surface area contributed by atoms with Gasteiger partial charge in [-0.25, -0.2) is 5.26 Å². The lowest BCUT2D eigenvalue weighted by Gasteiger charge is -2.14. The predicted molar refractivity (Wildman–Crippen MR) is 305 cm³/mol. The quantitative estimate of drug-likeness (QED) is 0.00677. The molecular formula is C50H41N11O22S4. The molecule has 0 aliphatic heterocycles. The second kappa shape index (κ2) is 26.3. The molecule has 0 aromatic heterocycles. The average molecular weight is 1280 g/mol. The van der Waals surface area contributed by atoms with Gasteiger partial charge < -0.3 is 35.2 Å². The molecule has 0 heterocycles. The third-order valence-corrected chi connectivity index (χ3v) is 15.2. The molecular weight excluding hydrogens is 1230 g/mol. The Morgan fingerprint density at radius 3 is 1.34 bits per heavy atom. The van der Waals surface area contributed by atoms with Crippen LogP contribution in [0.15, 0.2) is 170 Å². The summed E-state index contributed by atoms with van der Waals surface area (Å²) < 4.78 is 120. The van der Waals surface area contributed by atoms with Gasteiger partial charge in [0, 0.05) is 58.5 Å². The van der Waals surface area contributed by atoms with Crippen molar-refractivity contribution < 1.29 is 93.3 Å². The SMILES string of the molecule is Cc1cc(/N=N/c2c(SOOO)cc3cc(Nc4ccc5c(O)c(/N=N/c6cc(C)c(/N=N/c7ccc([N+](=O)[O-])cc7S(=O)(=O)O)cc6OCCO)c(S(=O)(=O)O)cc5c4)ccc3c2O)c(OCCO)cc1/N=N/c1ccc([N+](=O)[O-])cc1S(=O)(=O)O. The number of fused-ring (bicyclic) bond motifs is 2. The number of nitrogens with zero attached hydrogens (tertiary/aromatic N) is 10. The van der Waals surface area contributed by atoms with Gasteiger partial charge in [-0.05, 0) is 109 Å². The van der Waals surface area contributed by atoms with Crippen LogP contribution in [0.5, 0.6) is 23.0 Å². The predicted octanol–water partition coefficient (Wildman–Crippen LogP) is 12.2. The van der Waals surface area contributed by atoms with Crippen molar-refractivity contribution in [2.75, 3.05) is 31.7 Å². The second-order valence-electron chi connectivity index (χ2n) is 17.8. The molecule has 0 unspecified atom stereocenters. The minimum atomic E-state index is -5.17. The monoisotopic (exact) mass is 1280 g/mol. The second-order valence-corrected chi connectivity index (χ2v) is 22.7. The molecule has 0 amide bonds. The summed E-state index contributed by atoms with van der Waals surface area (Å²) in [7, 11) is -15.2. The van der Waals surface area contributed by atoms with Crippen LogP contribution in [0.3, 0.4) is 0 Å². The van der Waals surface area contributed by atoms with Crippen LogP contribution in [0.4, 0.5) is 68.2 Å². The first-order valence-corrected chi connectivity index (χ1v) is 29.2. The number of aromatic hydroxyl groups is 2. The van der Waals surface area contributed by atoms with Crippen molar-refractivity contribution in [3.63, 3.8) is 0 Å². The fraction of sp³-hybridized carbons (Fsp3) is 0.120. The summed E-state index contributed by atoms with van der Waals surface area (Å²) in [4.78, 5) is 18.1. The minimum Gasteiger partial charge on any atom is -0.505 e. The van der Waals surface area contributed by atoms with Crippen LogP contribution in [-0.2, 0) is 39.7 Å². The molecule has 0 aliphatic carbocycles. The highest BCUT2D eigenvalue weighted by Gasteiger charge is 2.26. The van der Waals surface area contributed by atoms with Crippen molar-refractivity contribution in [2.24, 2.45) is 40.9 Å². The normalized spacial score (nSPS) is 12.4. The van der Waals surface area contributed by atoms with E-state index in [1.165, 1.54) is 61.5 Å². The number of azo groups is 4. The Morgan fingerprint density at radius 1 is 0.506 bits per heavy atom. The van der Waals surface area contributed by atoms with Crippen molar-refractivity contribution in [1.82, 2.24) is 0 Å². The van der Waals surface area contributed by atoms with Crippen LogP contribution >= 0.6 is 12.0 Å². The largest absolute Gasteiger partial charge is 0.505 e. The topological polar surface area (TPSA) is 498 Å². The maximum atomic E-state index is 12.9. The van der Waals surface area contributed by atoms with Crippen molar-refractivity contribution >= 4 is 132 Å². The summed E-state index contributed by atoms with van der Waals surface area (Å²) in [6.45, 7) is 1.47. The van der Waals surface area contributed by atoms with E-state index < -0.39 is 108 Å². The maximum Gasteiger partial charge on any atom is 0.297 e. The van der Waals surface area contributed by atoms with E-state index in [-0.39, 0.29) is 79.8 Å². The number of aliphatic hydroxyl groups excluding tert-OH is 2. The summed E-state index contributed by atoms with van der Waals surface area (Å²) in [5.41, 5.74) is -1.96. The molecule has 0 fully saturated rings. The van der Waals surface area contributed by atoms with E-state index in [9.17, 15) is 79.6 Å². The number of aryl methyl sites for hydroxylation is 2.